The van der Waals surface area contributed by atoms with Crippen LogP contribution in [0.15, 0.2) is 29.4 Å². The van der Waals surface area contributed by atoms with Gasteiger partial charge in [-0.15, -0.1) is 0 Å². The maximum Gasteiger partial charge on any atom is 0.282 e. The number of hydrogen-bond donors (Lipinski definition) is 1. The fourth-order valence-electron chi connectivity index (χ4n) is 2.60. The summed E-state index contributed by atoms with van der Waals surface area (Å²) in [6, 6.07) is 5.66. The molecule has 1 aromatic carbocycles. The van der Waals surface area contributed by atoms with Crippen LogP contribution in [0.25, 0.3) is 0 Å². The van der Waals surface area contributed by atoms with Crippen molar-refractivity contribution in [3.63, 3.8) is 0 Å². The third-order valence-electron chi connectivity index (χ3n) is 3.42. The Labute approximate surface area is 127 Å². The standard InChI is InChI=1S/C15H17N3O4/c1-15(2)8-10(7-11(19)9-15)16-17-14(20)12-5-3-4-6-13(12)18(21)22/h3-6H,7-9H2,1-2H3,(H,17,20)/b16-10+. The first-order valence-electron chi connectivity index (χ1n) is 6.89. The van der Waals surface area contributed by atoms with Crippen LogP contribution in [0.4, 0.5) is 5.69 Å². The molecular weight excluding hydrogens is 286 g/mol. The fraction of sp³-hybridized carbons (Fsp3) is 0.400. The lowest BCUT2D eigenvalue weighted by molar-refractivity contribution is -0.385. The van der Waals surface area contributed by atoms with Gasteiger partial charge in [0.2, 0.25) is 0 Å². The van der Waals surface area contributed by atoms with Gasteiger partial charge in [0.25, 0.3) is 11.6 Å². The van der Waals surface area contributed by atoms with Crippen molar-refractivity contribution < 1.29 is 14.5 Å². The van der Waals surface area contributed by atoms with Crippen LogP contribution >= 0.6 is 0 Å². The van der Waals surface area contributed by atoms with Crippen molar-refractivity contribution in [1.29, 1.82) is 0 Å². The molecule has 22 heavy (non-hydrogen) atoms. The van der Waals surface area contributed by atoms with Gasteiger partial charge in [0.15, 0.2) is 0 Å². The summed E-state index contributed by atoms with van der Waals surface area (Å²) in [5.74, 6) is -0.578. The molecule has 0 spiro atoms. The van der Waals surface area contributed by atoms with Gasteiger partial charge in [0.1, 0.15) is 11.3 Å². The number of carbonyl (C=O) groups excluding carboxylic acids is 2. The highest BCUT2D eigenvalue weighted by Crippen LogP contribution is 2.31. The Morgan fingerprint density at radius 2 is 2.00 bits per heavy atom. The molecule has 116 valence electrons. The Morgan fingerprint density at radius 3 is 2.64 bits per heavy atom. The Kier molecular flexibility index (Phi) is 4.35. The van der Waals surface area contributed by atoms with E-state index in [9.17, 15) is 19.7 Å². The van der Waals surface area contributed by atoms with E-state index < -0.39 is 10.8 Å². The van der Waals surface area contributed by atoms with Crippen molar-refractivity contribution in [2.75, 3.05) is 0 Å². The highest BCUT2D eigenvalue weighted by atomic mass is 16.6. The molecule has 7 nitrogen and oxygen atoms in total. The van der Waals surface area contributed by atoms with E-state index in [2.05, 4.69) is 10.5 Å². The smallest absolute Gasteiger partial charge is 0.282 e. The number of Topliss-reactive ketones (excluding diaryl/α,β-unsaturated/α-hetero) is 1. The zero-order valence-corrected chi connectivity index (χ0v) is 12.5. The lowest BCUT2D eigenvalue weighted by atomic mass is 9.76. The summed E-state index contributed by atoms with van der Waals surface area (Å²) in [5.41, 5.74) is 2.39. The summed E-state index contributed by atoms with van der Waals surface area (Å²) in [7, 11) is 0. The highest BCUT2D eigenvalue weighted by molar-refractivity contribution is 6.05. The van der Waals surface area contributed by atoms with Crippen molar-refractivity contribution in [2.45, 2.75) is 33.1 Å². The average molecular weight is 303 g/mol. The van der Waals surface area contributed by atoms with Crippen LogP contribution in [0.3, 0.4) is 0 Å². The minimum atomic E-state index is -0.657. The molecule has 1 aliphatic carbocycles. The van der Waals surface area contributed by atoms with Crippen molar-refractivity contribution in [2.24, 2.45) is 10.5 Å². The molecule has 0 unspecified atom stereocenters. The number of para-hydroxylation sites is 1. The molecule has 1 amide bonds. The van der Waals surface area contributed by atoms with Crippen LogP contribution in [0, 0.1) is 15.5 Å². The lowest BCUT2D eigenvalue weighted by Gasteiger charge is -2.28. The summed E-state index contributed by atoms with van der Waals surface area (Å²) < 4.78 is 0. The van der Waals surface area contributed by atoms with Gasteiger partial charge >= 0.3 is 0 Å². The van der Waals surface area contributed by atoms with Crippen LogP contribution in [0.1, 0.15) is 43.5 Å². The summed E-state index contributed by atoms with van der Waals surface area (Å²) in [4.78, 5) is 34.0. The predicted molar refractivity (Wildman–Crippen MR) is 80.6 cm³/mol. The van der Waals surface area contributed by atoms with Crippen LogP contribution < -0.4 is 5.43 Å². The minimum absolute atomic E-state index is 0.0572. The van der Waals surface area contributed by atoms with Crippen molar-refractivity contribution >= 4 is 23.1 Å². The number of carbonyl (C=O) groups is 2. The van der Waals surface area contributed by atoms with Gasteiger partial charge in [-0.2, -0.15) is 5.10 Å². The Bertz CT molecular complexity index is 665. The number of nitrogens with one attached hydrogen (secondary N) is 1. The number of hydrazone groups is 1. The molecule has 7 heteroatoms. The topological polar surface area (TPSA) is 102 Å². The molecule has 1 aliphatic rings. The molecule has 0 atom stereocenters. The molecule has 0 radical (unpaired) electrons. The van der Waals surface area contributed by atoms with E-state index in [4.69, 9.17) is 0 Å². The van der Waals surface area contributed by atoms with Gasteiger partial charge in [0.05, 0.1) is 4.92 Å². The van der Waals surface area contributed by atoms with E-state index in [1.807, 2.05) is 13.8 Å². The molecule has 0 saturated heterocycles. The van der Waals surface area contributed by atoms with E-state index in [0.717, 1.165) is 0 Å². The van der Waals surface area contributed by atoms with Crippen molar-refractivity contribution in [3.8, 4) is 0 Å². The number of nitrogens with zero attached hydrogens (tertiary/aromatic N) is 2. The zero-order valence-electron chi connectivity index (χ0n) is 12.5. The summed E-state index contributed by atoms with van der Waals surface area (Å²) >= 11 is 0. The van der Waals surface area contributed by atoms with Gasteiger partial charge in [-0.3, -0.25) is 19.7 Å². The number of rotatable bonds is 3. The highest BCUT2D eigenvalue weighted by Gasteiger charge is 2.30. The van der Waals surface area contributed by atoms with Gasteiger partial charge in [-0.05, 0) is 17.9 Å². The molecule has 0 bridgehead atoms. The lowest BCUT2D eigenvalue weighted by Crippen LogP contribution is -2.31. The third-order valence-corrected chi connectivity index (χ3v) is 3.42. The molecular formula is C15H17N3O4. The Morgan fingerprint density at radius 1 is 1.32 bits per heavy atom. The summed E-state index contributed by atoms with van der Waals surface area (Å²) in [6.45, 7) is 3.92. The van der Waals surface area contributed by atoms with Gasteiger partial charge < -0.3 is 0 Å². The van der Waals surface area contributed by atoms with E-state index in [-0.39, 0.29) is 28.9 Å². The van der Waals surface area contributed by atoms with E-state index >= 15 is 0 Å². The fourth-order valence-corrected chi connectivity index (χ4v) is 2.60. The molecule has 0 aliphatic heterocycles. The summed E-state index contributed by atoms with van der Waals surface area (Å²) in [6.07, 6.45) is 1.31. The Balaban J connectivity index is 2.15. The number of amides is 1. The van der Waals surface area contributed by atoms with Gasteiger partial charge in [-0.1, -0.05) is 26.0 Å². The molecule has 1 aromatic rings. The number of nitro benzene ring substituents is 1. The van der Waals surface area contributed by atoms with Crippen molar-refractivity contribution in [3.05, 3.63) is 39.9 Å². The third kappa shape index (κ3) is 3.75. The van der Waals surface area contributed by atoms with Crippen LogP contribution in [0.5, 0.6) is 0 Å². The minimum Gasteiger partial charge on any atom is -0.299 e. The first-order chi connectivity index (χ1) is 10.3. The second kappa shape index (κ2) is 6.05. The number of ketones is 1. The second-order valence-corrected chi connectivity index (χ2v) is 6.13. The van der Waals surface area contributed by atoms with E-state index in [1.165, 1.54) is 18.2 Å². The SMILES string of the molecule is CC1(C)CC(=O)C/C(=N\NC(=O)c2ccccc2[N+](=O)[O-])C1. The first-order valence-corrected chi connectivity index (χ1v) is 6.89. The largest absolute Gasteiger partial charge is 0.299 e. The number of benzene rings is 1. The second-order valence-electron chi connectivity index (χ2n) is 6.13. The van der Waals surface area contributed by atoms with Crippen LogP contribution in [0.2, 0.25) is 0 Å². The normalized spacial score (nSPS) is 19.0. The van der Waals surface area contributed by atoms with Crippen LogP contribution in [-0.2, 0) is 4.79 Å². The molecule has 0 aromatic heterocycles. The quantitative estimate of drug-likeness (QED) is 0.684. The predicted octanol–water partition coefficient (Wildman–Crippen LogP) is 2.46. The molecule has 1 fully saturated rings. The maximum absolute atomic E-state index is 12.0. The average Bonchev–Trinajstić information content (AvgIpc) is 2.42. The number of hydrogen-bond acceptors (Lipinski definition) is 5. The maximum atomic E-state index is 12.0. The zero-order chi connectivity index (χ0) is 16.3. The molecule has 2 rings (SSSR count). The van der Waals surface area contributed by atoms with Gasteiger partial charge in [-0.25, -0.2) is 5.43 Å². The van der Waals surface area contributed by atoms with Gasteiger partial charge in [0, 0.05) is 24.6 Å². The van der Waals surface area contributed by atoms with Crippen molar-refractivity contribution in [1.82, 2.24) is 5.43 Å². The Hall–Kier alpha value is -2.57. The van der Waals surface area contributed by atoms with Crippen LogP contribution in [-0.4, -0.2) is 22.3 Å². The van der Waals surface area contributed by atoms with E-state index in [1.54, 1.807) is 6.07 Å². The summed E-state index contributed by atoms with van der Waals surface area (Å²) in [5, 5.41) is 14.9. The molecule has 1 N–H and O–H groups in total. The first kappa shape index (κ1) is 15.8. The monoisotopic (exact) mass is 303 g/mol. The van der Waals surface area contributed by atoms with E-state index in [0.29, 0.717) is 18.6 Å². The molecule has 1 saturated carbocycles. The number of nitro groups is 1. The molecule has 0 heterocycles.